The van der Waals surface area contributed by atoms with E-state index in [1.54, 1.807) is 6.07 Å². The molecule has 0 saturated carbocycles. The molecule has 94 valence electrons. The van der Waals surface area contributed by atoms with Crippen molar-refractivity contribution in [3.8, 4) is 5.75 Å². The van der Waals surface area contributed by atoms with Gasteiger partial charge in [-0.05, 0) is 31.5 Å². The molecule has 0 unspecified atom stereocenters. The monoisotopic (exact) mass is 256 g/mol. The fraction of sp³-hybridized carbons (Fsp3) is 0.500. The van der Waals surface area contributed by atoms with E-state index >= 15 is 0 Å². The van der Waals surface area contributed by atoms with Crippen molar-refractivity contribution in [2.24, 2.45) is 0 Å². The van der Waals surface area contributed by atoms with Gasteiger partial charge in [-0.15, -0.1) is 0 Å². The zero-order valence-electron chi connectivity index (χ0n) is 10.1. The van der Waals surface area contributed by atoms with Crippen LogP contribution in [-0.4, -0.2) is 25.4 Å². The van der Waals surface area contributed by atoms with E-state index in [0.29, 0.717) is 17.7 Å². The Morgan fingerprint density at radius 2 is 2.06 bits per heavy atom. The van der Waals surface area contributed by atoms with Gasteiger partial charge in [0, 0.05) is 18.2 Å². The molecule has 1 aliphatic heterocycles. The van der Waals surface area contributed by atoms with Crippen molar-refractivity contribution in [1.29, 1.82) is 0 Å². The Labute approximate surface area is 101 Å². The molecule has 1 heterocycles. The van der Waals surface area contributed by atoms with E-state index in [-0.39, 0.29) is 17.1 Å². The van der Waals surface area contributed by atoms with Gasteiger partial charge in [0.15, 0.2) is 9.84 Å². The van der Waals surface area contributed by atoms with Gasteiger partial charge in [0.1, 0.15) is 11.4 Å². The first-order valence-corrected chi connectivity index (χ1v) is 7.28. The van der Waals surface area contributed by atoms with Gasteiger partial charge in [0.25, 0.3) is 0 Å². The summed E-state index contributed by atoms with van der Waals surface area (Å²) < 4.78 is 28.8. The van der Waals surface area contributed by atoms with Crippen LogP contribution in [0.25, 0.3) is 0 Å². The van der Waals surface area contributed by atoms with E-state index in [1.807, 2.05) is 13.8 Å². The minimum atomic E-state index is -3.26. The third kappa shape index (κ3) is 2.30. The van der Waals surface area contributed by atoms with Crippen LogP contribution in [0.5, 0.6) is 5.75 Å². The number of benzene rings is 1. The number of fused-ring (bicyclic) bond motifs is 1. The molecule has 1 aromatic rings. The fourth-order valence-corrected chi connectivity index (χ4v) is 2.80. The summed E-state index contributed by atoms with van der Waals surface area (Å²) in [6, 6.07) is 3.12. The van der Waals surface area contributed by atoms with Crippen molar-refractivity contribution in [2.45, 2.75) is 37.4 Å². The molecule has 2 rings (SSSR count). The number of sulfone groups is 1. The summed E-state index contributed by atoms with van der Waals surface area (Å²) in [6.07, 6.45) is 1.82. The number of hydrogen-bond acceptors (Lipinski definition) is 4. The molecule has 0 aromatic heterocycles. The summed E-state index contributed by atoms with van der Waals surface area (Å²) >= 11 is 0. The predicted molar refractivity (Wildman–Crippen MR) is 63.9 cm³/mol. The van der Waals surface area contributed by atoms with Gasteiger partial charge in [0.2, 0.25) is 0 Å². The minimum Gasteiger partial charge on any atom is -0.487 e. The van der Waals surface area contributed by atoms with Crippen LogP contribution in [-0.2, 0) is 22.9 Å². The van der Waals surface area contributed by atoms with Gasteiger partial charge in [-0.25, -0.2) is 8.42 Å². The molecule has 0 saturated heterocycles. The molecule has 0 fully saturated rings. The average Bonchev–Trinajstić information content (AvgIpc) is 2.48. The molecule has 4 nitrogen and oxygen atoms in total. The number of aliphatic hydroxyl groups excluding tert-OH is 1. The molecular formula is C12H16O4S. The normalized spacial score (nSPS) is 17.6. The molecule has 0 bridgehead atoms. The topological polar surface area (TPSA) is 63.6 Å². The summed E-state index contributed by atoms with van der Waals surface area (Å²) in [4.78, 5) is 0.238. The molecular weight excluding hydrogens is 240 g/mol. The Morgan fingerprint density at radius 3 is 2.59 bits per heavy atom. The van der Waals surface area contributed by atoms with Gasteiger partial charge >= 0.3 is 0 Å². The van der Waals surface area contributed by atoms with Crippen molar-refractivity contribution in [3.05, 3.63) is 23.3 Å². The summed E-state index contributed by atoms with van der Waals surface area (Å²) in [6.45, 7) is 3.66. The van der Waals surface area contributed by atoms with Crippen LogP contribution >= 0.6 is 0 Å². The second kappa shape index (κ2) is 3.71. The lowest BCUT2D eigenvalue weighted by molar-refractivity contribution is 0.134. The number of rotatable bonds is 2. The molecule has 0 atom stereocenters. The third-order valence-electron chi connectivity index (χ3n) is 2.81. The van der Waals surface area contributed by atoms with Crippen molar-refractivity contribution < 1.29 is 18.3 Å². The average molecular weight is 256 g/mol. The summed E-state index contributed by atoms with van der Waals surface area (Å²) in [5.74, 6) is 0.630. The van der Waals surface area contributed by atoms with Crippen LogP contribution in [0, 0.1) is 0 Å². The maximum Gasteiger partial charge on any atom is 0.175 e. The molecule has 17 heavy (non-hydrogen) atoms. The first kappa shape index (κ1) is 12.4. The second-order valence-electron chi connectivity index (χ2n) is 5.04. The van der Waals surface area contributed by atoms with Crippen LogP contribution < -0.4 is 4.74 Å². The van der Waals surface area contributed by atoms with Crippen molar-refractivity contribution >= 4 is 9.84 Å². The standard InChI is InChI=1S/C12H16O4S/c1-12(2)6-8-4-10(17(3,14)15)5-9(7-13)11(8)16-12/h4-5,13H,6-7H2,1-3H3. The van der Waals surface area contributed by atoms with Gasteiger partial charge in [0.05, 0.1) is 11.5 Å². The highest BCUT2D eigenvalue weighted by Crippen LogP contribution is 2.39. The highest BCUT2D eigenvalue weighted by molar-refractivity contribution is 7.90. The maximum atomic E-state index is 11.5. The lowest BCUT2D eigenvalue weighted by Crippen LogP contribution is -2.24. The van der Waals surface area contributed by atoms with Crippen LogP contribution in [0.1, 0.15) is 25.0 Å². The lowest BCUT2D eigenvalue weighted by Gasteiger charge is -2.17. The first-order chi connectivity index (χ1) is 7.73. The highest BCUT2D eigenvalue weighted by Gasteiger charge is 2.32. The highest BCUT2D eigenvalue weighted by atomic mass is 32.2. The molecule has 5 heteroatoms. The summed E-state index contributed by atoms with van der Waals surface area (Å²) in [7, 11) is -3.26. The van der Waals surface area contributed by atoms with Crippen LogP contribution in [0.2, 0.25) is 0 Å². The van der Waals surface area contributed by atoms with Gasteiger partial charge in [-0.2, -0.15) is 0 Å². The Balaban J connectivity index is 2.61. The summed E-state index contributed by atoms with van der Waals surface area (Å²) in [5, 5.41) is 9.29. The Kier molecular flexibility index (Phi) is 2.71. The maximum absolute atomic E-state index is 11.5. The van der Waals surface area contributed by atoms with E-state index < -0.39 is 9.84 Å². The van der Waals surface area contributed by atoms with E-state index in [2.05, 4.69) is 0 Å². The molecule has 1 N–H and O–H groups in total. The first-order valence-electron chi connectivity index (χ1n) is 5.39. The van der Waals surface area contributed by atoms with Crippen LogP contribution in [0.15, 0.2) is 17.0 Å². The molecule has 1 aromatic carbocycles. The number of aliphatic hydroxyl groups is 1. The van der Waals surface area contributed by atoms with Gasteiger partial charge in [-0.1, -0.05) is 0 Å². The number of ether oxygens (including phenoxy) is 1. The molecule has 0 amide bonds. The van der Waals surface area contributed by atoms with Crippen LogP contribution in [0.4, 0.5) is 0 Å². The largest absolute Gasteiger partial charge is 0.487 e. The third-order valence-corrected chi connectivity index (χ3v) is 3.90. The van der Waals surface area contributed by atoms with Crippen molar-refractivity contribution in [2.75, 3.05) is 6.26 Å². The molecule has 1 aliphatic rings. The Morgan fingerprint density at radius 1 is 1.41 bits per heavy atom. The smallest absolute Gasteiger partial charge is 0.175 e. The Bertz CT molecular complexity index is 558. The van der Waals surface area contributed by atoms with Crippen molar-refractivity contribution in [3.63, 3.8) is 0 Å². The quantitative estimate of drug-likeness (QED) is 0.866. The van der Waals surface area contributed by atoms with E-state index in [9.17, 15) is 13.5 Å². The Hall–Kier alpha value is -1.07. The van der Waals surface area contributed by atoms with Gasteiger partial charge in [-0.3, -0.25) is 0 Å². The predicted octanol–water partition coefficient (Wildman–Crippen LogP) is 1.30. The van der Waals surface area contributed by atoms with E-state index in [0.717, 1.165) is 11.8 Å². The number of hydrogen-bond donors (Lipinski definition) is 1. The molecule has 0 radical (unpaired) electrons. The minimum absolute atomic E-state index is 0.220. The summed E-state index contributed by atoms with van der Waals surface area (Å²) in [5.41, 5.74) is 1.04. The lowest BCUT2D eigenvalue weighted by atomic mass is 10.0. The van der Waals surface area contributed by atoms with Crippen LogP contribution in [0.3, 0.4) is 0 Å². The second-order valence-corrected chi connectivity index (χ2v) is 7.06. The van der Waals surface area contributed by atoms with Crippen molar-refractivity contribution in [1.82, 2.24) is 0 Å². The molecule has 0 aliphatic carbocycles. The van der Waals surface area contributed by atoms with E-state index in [1.165, 1.54) is 6.07 Å². The SMILES string of the molecule is CC1(C)Cc2cc(S(C)(=O)=O)cc(CO)c2O1. The zero-order chi connectivity index (χ0) is 12.8. The zero-order valence-corrected chi connectivity index (χ0v) is 11.0. The van der Waals surface area contributed by atoms with E-state index in [4.69, 9.17) is 4.74 Å². The molecule has 0 spiro atoms. The fourth-order valence-electron chi connectivity index (χ4n) is 2.09. The van der Waals surface area contributed by atoms with Gasteiger partial charge < -0.3 is 9.84 Å².